The van der Waals surface area contributed by atoms with Crippen molar-refractivity contribution < 1.29 is 14.0 Å². The average Bonchev–Trinajstić information content (AvgIpc) is 3.34. The van der Waals surface area contributed by atoms with Gasteiger partial charge in [-0.1, -0.05) is 66.7 Å². The van der Waals surface area contributed by atoms with Gasteiger partial charge in [-0.15, -0.1) is 0 Å². The first-order valence-electron chi connectivity index (χ1n) is 13.7. The van der Waals surface area contributed by atoms with Gasteiger partial charge in [0.25, 0.3) is 0 Å². The van der Waals surface area contributed by atoms with E-state index in [0.29, 0.717) is 30.9 Å². The van der Waals surface area contributed by atoms with Crippen molar-refractivity contribution in [2.24, 2.45) is 11.8 Å². The van der Waals surface area contributed by atoms with Gasteiger partial charge in [0.05, 0.1) is 37.1 Å². The first-order chi connectivity index (χ1) is 17.7. The standard InChI is InChI=1S/C32H31N2O2/c35-29-17-27-30-24-16-28-32(25-10-3-4-11-26(25)33(29)31(30)32)13-14-34(28,19-22(24)12-15-36-27)18-21-8-5-7-20-6-1-2-9-23(20)21/h1-12,24,27-28,30-31H,13-19H2/q+1/t24-,27-,28-,30-,31-,32+,34?/m0/s1. The molecule has 7 atom stereocenters. The fraction of sp³-hybridized carbons (Fsp3) is 0.406. The van der Waals surface area contributed by atoms with Gasteiger partial charge in [-0.25, -0.2) is 0 Å². The van der Waals surface area contributed by atoms with Crippen LogP contribution in [0.25, 0.3) is 10.8 Å². The Hall–Kier alpha value is -2.95. The van der Waals surface area contributed by atoms with Gasteiger partial charge in [-0.05, 0) is 33.9 Å². The SMILES string of the molecule is O=C1C[C@@H]2OCC=C3C[N+]4(Cc5cccc6ccccc56)CC[C@]56c7ccccc7N1[C@H]5[C@H]2[C@H]3C[C@@H]64. The molecule has 0 aromatic heterocycles. The number of carbonyl (C=O) groups is 1. The number of ether oxygens (including phenoxy) is 1. The molecule has 1 unspecified atom stereocenters. The number of amides is 1. The number of nitrogens with zero attached hydrogens (tertiary/aromatic N) is 2. The molecule has 6 aliphatic rings. The van der Waals surface area contributed by atoms with Crippen LogP contribution in [-0.4, -0.2) is 48.3 Å². The maximum atomic E-state index is 13.7. The molecule has 3 aromatic rings. The van der Waals surface area contributed by atoms with E-state index in [1.807, 2.05) is 0 Å². The summed E-state index contributed by atoms with van der Waals surface area (Å²) in [5, 5.41) is 2.73. The van der Waals surface area contributed by atoms with Gasteiger partial charge in [-0.3, -0.25) is 4.79 Å². The lowest BCUT2D eigenvalue weighted by atomic mass is 9.53. The van der Waals surface area contributed by atoms with E-state index < -0.39 is 0 Å². The number of carbonyl (C=O) groups excluding carboxylic acids is 1. The van der Waals surface area contributed by atoms with E-state index in [4.69, 9.17) is 4.74 Å². The van der Waals surface area contributed by atoms with Crippen LogP contribution in [0, 0.1) is 11.8 Å². The number of piperidine rings is 2. The summed E-state index contributed by atoms with van der Waals surface area (Å²) < 4.78 is 7.60. The minimum Gasteiger partial charge on any atom is -0.373 e. The fourth-order valence-corrected chi connectivity index (χ4v) is 9.97. The van der Waals surface area contributed by atoms with Crippen LogP contribution in [0.3, 0.4) is 0 Å². The van der Waals surface area contributed by atoms with E-state index >= 15 is 0 Å². The minimum atomic E-state index is 0.0376. The van der Waals surface area contributed by atoms with Crippen LogP contribution in [0.4, 0.5) is 5.69 Å². The van der Waals surface area contributed by atoms with Gasteiger partial charge in [0.2, 0.25) is 5.91 Å². The number of benzene rings is 3. The molecule has 4 nitrogen and oxygen atoms in total. The molecule has 5 heterocycles. The summed E-state index contributed by atoms with van der Waals surface area (Å²) in [7, 11) is 0. The van der Waals surface area contributed by atoms with Crippen molar-refractivity contribution in [1.29, 1.82) is 0 Å². The van der Waals surface area contributed by atoms with E-state index in [0.717, 1.165) is 24.0 Å². The van der Waals surface area contributed by atoms with Crippen LogP contribution >= 0.6 is 0 Å². The summed E-state index contributed by atoms with van der Waals surface area (Å²) >= 11 is 0. The van der Waals surface area contributed by atoms with Crippen molar-refractivity contribution in [3.8, 4) is 0 Å². The van der Waals surface area contributed by atoms with Crippen LogP contribution in [-0.2, 0) is 21.5 Å². The van der Waals surface area contributed by atoms with E-state index in [2.05, 4.69) is 77.7 Å². The number of quaternary nitrogens is 1. The van der Waals surface area contributed by atoms with Gasteiger partial charge in [0.15, 0.2) is 0 Å². The highest BCUT2D eigenvalue weighted by Gasteiger charge is 2.75. The van der Waals surface area contributed by atoms with Crippen LogP contribution in [0.2, 0.25) is 0 Å². The third-order valence-electron chi connectivity index (χ3n) is 11.1. The van der Waals surface area contributed by atoms with Crippen LogP contribution in [0.1, 0.15) is 30.4 Å². The van der Waals surface area contributed by atoms with Gasteiger partial charge in [0, 0.05) is 30.0 Å². The quantitative estimate of drug-likeness (QED) is 0.387. The summed E-state index contributed by atoms with van der Waals surface area (Å²) in [6, 6.07) is 25.4. The Labute approximate surface area is 211 Å². The Morgan fingerprint density at radius 2 is 1.89 bits per heavy atom. The molecule has 1 saturated carbocycles. The van der Waals surface area contributed by atoms with Gasteiger partial charge in [0.1, 0.15) is 19.1 Å². The molecule has 9 rings (SSSR count). The lowest BCUT2D eigenvalue weighted by Crippen LogP contribution is -2.72. The van der Waals surface area contributed by atoms with Crippen molar-refractivity contribution in [3.05, 3.63) is 89.5 Å². The minimum absolute atomic E-state index is 0.0376. The van der Waals surface area contributed by atoms with Crippen LogP contribution in [0.15, 0.2) is 78.4 Å². The lowest BCUT2D eigenvalue weighted by Gasteiger charge is -2.60. The Morgan fingerprint density at radius 1 is 1.03 bits per heavy atom. The largest absolute Gasteiger partial charge is 0.373 e. The molecule has 36 heavy (non-hydrogen) atoms. The molecular weight excluding hydrogens is 444 g/mol. The van der Waals surface area contributed by atoms with E-state index in [9.17, 15) is 4.79 Å². The monoisotopic (exact) mass is 475 g/mol. The summed E-state index contributed by atoms with van der Waals surface area (Å²) in [4.78, 5) is 16.0. The second-order valence-electron chi connectivity index (χ2n) is 12.2. The Kier molecular flexibility index (Phi) is 3.73. The highest BCUT2D eigenvalue weighted by Crippen LogP contribution is 2.67. The van der Waals surface area contributed by atoms with Crippen molar-refractivity contribution in [2.75, 3.05) is 24.6 Å². The van der Waals surface area contributed by atoms with Crippen LogP contribution < -0.4 is 4.90 Å². The topological polar surface area (TPSA) is 29.5 Å². The number of para-hydroxylation sites is 1. The van der Waals surface area contributed by atoms with E-state index in [1.165, 1.54) is 40.6 Å². The molecule has 0 radical (unpaired) electrons. The maximum absolute atomic E-state index is 13.7. The summed E-state index contributed by atoms with van der Waals surface area (Å²) in [6.45, 7) is 4.04. The molecular formula is C32H31N2O2+. The third-order valence-corrected chi connectivity index (χ3v) is 11.1. The molecule has 4 fully saturated rings. The van der Waals surface area contributed by atoms with Gasteiger partial charge in [-0.2, -0.15) is 0 Å². The zero-order valence-corrected chi connectivity index (χ0v) is 20.5. The normalized spacial score (nSPS) is 39.1. The molecule has 1 amide bonds. The first kappa shape index (κ1) is 20.1. The number of fused-ring (bicyclic) bond motifs is 3. The molecule has 1 spiro atoms. The second-order valence-corrected chi connectivity index (χ2v) is 12.2. The molecule has 180 valence electrons. The van der Waals surface area contributed by atoms with Gasteiger partial charge < -0.3 is 14.1 Å². The number of hydrogen-bond acceptors (Lipinski definition) is 2. The Morgan fingerprint density at radius 3 is 2.86 bits per heavy atom. The summed E-state index contributed by atoms with van der Waals surface area (Å²) in [5.41, 5.74) is 5.76. The fourth-order valence-electron chi connectivity index (χ4n) is 9.97. The molecule has 3 saturated heterocycles. The number of hydrogen-bond donors (Lipinski definition) is 0. The summed E-state index contributed by atoms with van der Waals surface area (Å²) in [6.07, 6.45) is 5.39. The van der Waals surface area contributed by atoms with Crippen molar-refractivity contribution >= 4 is 22.4 Å². The molecule has 4 heteroatoms. The average molecular weight is 476 g/mol. The maximum Gasteiger partial charge on any atom is 0.229 e. The highest BCUT2D eigenvalue weighted by atomic mass is 16.5. The van der Waals surface area contributed by atoms with Crippen molar-refractivity contribution in [3.63, 3.8) is 0 Å². The predicted molar refractivity (Wildman–Crippen MR) is 139 cm³/mol. The van der Waals surface area contributed by atoms with Crippen molar-refractivity contribution in [2.45, 2.75) is 49.4 Å². The van der Waals surface area contributed by atoms with E-state index in [-0.39, 0.29) is 23.5 Å². The first-order valence-corrected chi connectivity index (χ1v) is 13.7. The lowest BCUT2D eigenvalue weighted by molar-refractivity contribution is -0.955. The molecule has 5 aliphatic heterocycles. The van der Waals surface area contributed by atoms with Gasteiger partial charge >= 0.3 is 0 Å². The zero-order valence-electron chi connectivity index (χ0n) is 20.5. The molecule has 0 N–H and O–H groups in total. The zero-order chi connectivity index (χ0) is 23.6. The molecule has 1 aliphatic carbocycles. The van der Waals surface area contributed by atoms with E-state index in [1.54, 1.807) is 5.57 Å². The highest BCUT2D eigenvalue weighted by molar-refractivity contribution is 5.99. The smallest absolute Gasteiger partial charge is 0.229 e. The van der Waals surface area contributed by atoms with Crippen LogP contribution in [0.5, 0.6) is 0 Å². The number of rotatable bonds is 2. The Balaban J connectivity index is 1.28. The second kappa shape index (κ2) is 6.67. The van der Waals surface area contributed by atoms with Crippen molar-refractivity contribution in [1.82, 2.24) is 0 Å². The molecule has 3 aromatic carbocycles. The predicted octanol–water partition coefficient (Wildman–Crippen LogP) is 4.96. The number of anilines is 1. The molecule has 2 bridgehead atoms. The third kappa shape index (κ3) is 2.23. The summed E-state index contributed by atoms with van der Waals surface area (Å²) in [5.74, 6) is 1.23. The Bertz CT molecular complexity index is 1490.